The Morgan fingerprint density at radius 1 is 1.32 bits per heavy atom. The molecule has 19 heavy (non-hydrogen) atoms. The minimum atomic E-state index is -1.18. The molecule has 0 amide bonds. The van der Waals surface area contributed by atoms with Crippen molar-refractivity contribution in [1.82, 2.24) is 0 Å². The highest BCUT2D eigenvalue weighted by Crippen LogP contribution is 2.38. The van der Waals surface area contributed by atoms with Crippen LogP contribution in [0.4, 0.5) is 14.5 Å². The number of nitrogens with one attached hydrogen (secondary N) is 1. The highest BCUT2D eigenvalue weighted by Gasteiger charge is 2.22. The number of carboxylic acid groups (broad SMARTS) is 1. The molecule has 2 rings (SSSR count). The first kappa shape index (κ1) is 13.5. The Morgan fingerprint density at radius 3 is 2.58 bits per heavy atom. The molecule has 0 aliphatic heterocycles. The Kier molecular flexibility index (Phi) is 3.53. The number of carboxylic acids is 1. The van der Waals surface area contributed by atoms with E-state index in [-0.39, 0.29) is 21.6 Å². The second-order valence-corrected chi connectivity index (χ2v) is 4.85. The third kappa shape index (κ3) is 2.19. The van der Waals surface area contributed by atoms with Gasteiger partial charge < -0.3 is 10.4 Å². The molecule has 0 saturated heterocycles. The minimum Gasteiger partial charge on any atom is -0.478 e. The van der Waals surface area contributed by atoms with Gasteiger partial charge in [-0.15, -0.1) is 11.3 Å². The number of hydrogen-bond donors (Lipinski definition) is 2. The van der Waals surface area contributed by atoms with Crippen LogP contribution in [-0.2, 0) is 0 Å². The van der Waals surface area contributed by atoms with Gasteiger partial charge in [-0.05, 0) is 12.5 Å². The lowest BCUT2D eigenvalue weighted by molar-refractivity contribution is 0.0699. The number of hydrogen-bond acceptors (Lipinski definition) is 3. The van der Waals surface area contributed by atoms with Gasteiger partial charge >= 0.3 is 5.97 Å². The van der Waals surface area contributed by atoms with E-state index >= 15 is 0 Å². The van der Waals surface area contributed by atoms with Gasteiger partial charge in [0.15, 0.2) is 11.6 Å². The fraction of sp³-hybridized carbons (Fsp3) is 0.154. The summed E-state index contributed by atoms with van der Waals surface area (Å²) in [6.45, 7) is 1.45. The molecule has 0 aliphatic carbocycles. The molecule has 0 atom stereocenters. The number of carbonyl (C=O) groups is 1. The van der Waals surface area contributed by atoms with Crippen molar-refractivity contribution < 1.29 is 18.7 Å². The van der Waals surface area contributed by atoms with Gasteiger partial charge in [-0.25, -0.2) is 13.6 Å². The number of anilines is 1. The summed E-state index contributed by atoms with van der Waals surface area (Å²) < 4.78 is 27.5. The molecular weight excluding hydrogens is 272 g/mol. The Labute approximate surface area is 112 Å². The Balaban J connectivity index is 2.70. The highest BCUT2D eigenvalue weighted by atomic mass is 32.1. The fourth-order valence-corrected chi connectivity index (χ4v) is 2.84. The molecule has 2 N–H and O–H groups in total. The minimum absolute atomic E-state index is 0.0352. The van der Waals surface area contributed by atoms with Gasteiger partial charge in [0.1, 0.15) is 5.56 Å². The van der Waals surface area contributed by atoms with E-state index in [4.69, 9.17) is 0 Å². The predicted molar refractivity (Wildman–Crippen MR) is 70.9 cm³/mol. The van der Waals surface area contributed by atoms with Crippen LogP contribution in [0.2, 0.25) is 0 Å². The standard InChI is InChI=1S/C13H11F2NO2S/c1-6-3-4-7(11(15)10(6)14)12-9(13(17)18)8(16-2)5-19-12/h3-5,16H,1-2H3,(H,17,18). The van der Waals surface area contributed by atoms with E-state index < -0.39 is 17.6 Å². The number of aryl methyl sites for hydroxylation is 1. The Morgan fingerprint density at radius 2 is 2.00 bits per heavy atom. The van der Waals surface area contributed by atoms with Crippen molar-refractivity contribution in [1.29, 1.82) is 0 Å². The maximum atomic E-state index is 13.9. The van der Waals surface area contributed by atoms with Crippen molar-refractivity contribution in [3.63, 3.8) is 0 Å². The SMILES string of the molecule is CNc1csc(-c2ccc(C)c(F)c2F)c1C(=O)O. The molecule has 6 heteroatoms. The van der Waals surface area contributed by atoms with Crippen LogP contribution in [0.5, 0.6) is 0 Å². The monoisotopic (exact) mass is 283 g/mol. The van der Waals surface area contributed by atoms with Gasteiger partial charge in [0.05, 0.1) is 10.6 Å². The number of halogens is 2. The largest absolute Gasteiger partial charge is 0.478 e. The highest BCUT2D eigenvalue weighted by molar-refractivity contribution is 7.14. The summed E-state index contributed by atoms with van der Waals surface area (Å²) in [6, 6.07) is 2.82. The first-order chi connectivity index (χ1) is 8.97. The zero-order valence-corrected chi connectivity index (χ0v) is 11.1. The topological polar surface area (TPSA) is 49.3 Å². The molecule has 0 fully saturated rings. The van der Waals surface area contributed by atoms with Crippen molar-refractivity contribution in [2.75, 3.05) is 12.4 Å². The van der Waals surface area contributed by atoms with Crippen molar-refractivity contribution in [3.8, 4) is 10.4 Å². The first-order valence-corrected chi connectivity index (χ1v) is 6.32. The Hall–Kier alpha value is -1.95. The number of aromatic carboxylic acids is 1. The summed E-state index contributed by atoms with van der Waals surface area (Å²) in [4.78, 5) is 11.5. The molecule has 1 aromatic carbocycles. The van der Waals surface area contributed by atoms with Crippen LogP contribution in [0.25, 0.3) is 10.4 Å². The van der Waals surface area contributed by atoms with E-state index in [1.165, 1.54) is 19.1 Å². The summed E-state index contributed by atoms with van der Waals surface area (Å²) in [5, 5.41) is 13.5. The lowest BCUT2D eigenvalue weighted by atomic mass is 10.1. The molecule has 1 aromatic heterocycles. The fourth-order valence-electron chi connectivity index (χ4n) is 1.77. The van der Waals surface area contributed by atoms with E-state index in [0.717, 1.165) is 11.3 Å². The van der Waals surface area contributed by atoms with Crippen molar-refractivity contribution >= 4 is 23.0 Å². The van der Waals surface area contributed by atoms with Crippen LogP contribution in [0.1, 0.15) is 15.9 Å². The van der Waals surface area contributed by atoms with Gasteiger partial charge in [0, 0.05) is 18.0 Å². The van der Waals surface area contributed by atoms with Crippen molar-refractivity contribution in [3.05, 3.63) is 40.3 Å². The number of thiophene rings is 1. The maximum absolute atomic E-state index is 13.9. The third-order valence-corrected chi connectivity index (χ3v) is 3.81. The van der Waals surface area contributed by atoms with Crippen LogP contribution >= 0.6 is 11.3 Å². The third-order valence-electron chi connectivity index (χ3n) is 2.79. The normalized spacial score (nSPS) is 10.5. The van der Waals surface area contributed by atoms with E-state index in [1.807, 2.05) is 0 Å². The zero-order chi connectivity index (χ0) is 14.2. The summed E-state index contributed by atoms with van der Waals surface area (Å²) >= 11 is 1.06. The van der Waals surface area contributed by atoms with E-state index in [9.17, 15) is 18.7 Å². The maximum Gasteiger partial charge on any atom is 0.339 e. The summed E-state index contributed by atoms with van der Waals surface area (Å²) in [5.41, 5.74) is 0.484. The Bertz CT molecular complexity index is 652. The molecule has 0 spiro atoms. The molecule has 0 saturated carbocycles. The average Bonchev–Trinajstić information content (AvgIpc) is 2.80. The lowest BCUT2D eigenvalue weighted by Crippen LogP contribution is -2.02. The van der Waals surface area contributed by atoms with Crippen LogP contribution in [0.3, 0.4) is 0 Å². The summed E-state index contributed by atoms with van der Waals surface area (Å²) in [7, 11) is 1.57. The number of benzene rings is 1. The predicted octanol–water partition coefficient (Wildman–Crippen LogP) is 3.74. The van der Waals surface area contributed by atoms with Crippen LogP contribution in [0, 0.1) is 18.6 Å². The average molecular weight is 283 g/mol. The second-order valence-electron chi connectivity index (χ2n) is 3.97. The number of rotatable bonds is 3. The molecule has 1 heterocycles. The smallest absolute Gasteiger partial charge is 0.339 e. The second kappa shape index (κ2) is 4.97. The van der Waals surface area contributed by atoms with Gasteiger partial charge in [0.2, 0.25) is 0 Å². The van der Waals surface area contributed by atoms with Gasteiger partial charge in [0.25, 0.3) is 0 Å². The van der Waals surface area contributed by atoms with Gasteiger partial charge in [-0.1, -0.05) is 12.1 Å². The van der Waals surface area contributed by atoms with E-state index in [2.05, 4.69) is 5.32 Å². The summed E-state index contributed by atoms with van der Waals surface area (Å²) in [6.07, 6.45) is 0. The molecule has 3 nitrogen and oxygen atoms in total. The molecule has 0 radical (unpaired) electrons. The zero-order valence-electron chi connectivity index (χ0n) is 10.3. The van der Waals surface area contributed by atoms with E-state index in [0.29, 0.717) is 5.69 Å². The molecule has 100 valence electrons. The lowest BCUT2D eigenvalue weighted by Gasteiger charge is -2.06. The van der Waals surface area contributed by atoms with Crippen LogP contribution in [-0.4, -0.2) is 18.1 Å². The quantitative estimate of drug-likeness (QED) is 0.902. The molecule has 0 aliphatic rings. The molecule has 0 bridgehead atoms. The first-order valence-electron chi connectivity index (χ1n) is 5.44. The van der Waals surface area contributed by atoms with Crippen molar-refractivity contribution in [2.24, 2.45) is 0 Å². The van der Waals surface area contributed by atoms with Crippen LogP contribution < -0.4 is 5.32 Å². The molecule has 0 unspecified atom stereocenters. The molecular formula is C13H11F2NO2S. The van der Waals surface area contributed by atoms with E-state index in [1.54, 1.807) is 12.4 Å². The van der Waals surface area contributed by atoms with Crippen LogP contribution in [0.15, 0.2) is 17.5 Å². The van der Waals surface area contributed by atoms with Gasteiger partial charge in [-0.3, -0.25) is 0 Å². The van der Waals surface area contributed by atoms with Crippen molar-refractivity contribution in [2.45, 2.75) is 6.92 Å². The van der Waals surface area contributed by atoms with Gasteiger partial charge in [-0.2, -0.15) is 0 Å². The molecule has 2 aromatic rings. The summed E-state index contributed by atoms with van der Waals surface area (Å²) in [5.74, 6) is -3.15.